The smallest absolute Gasteiger partial charge is 0.227 e. The van der Waals surface area contributed by atoms with Gasteiger partial charge in [0.15, 0.2) is 10.9 Å². The van der Waals surface area contributed by atoms with Crippen LogP contribution >= 0.6 is 11.3 Å². The summed E-state index contributed by atoms with van der Waals surface area (Å²) >= 11 is 1.22. The van der Waals surface area contributed by atoms with Gasteiger partial charge in [-0.1, -0.05) is 42.5 Å². The lowest BCUT2D eigenvalue weighted by atomic mass is 9.78. The fourth-order valence-electron chi connectivity index (χ4n) is 3.38. The Bertz CT molecular complexity index is 1140. The summed E-state index contributed by atoms with van der Waals surface area (Å²) in [6.07, 6.45) is 1.56. The molecule has 9 heteroatoms. The zero-order chi connectivity index (χ0) is 21.5. The molecule has 7 nitrogen and oxygen atoms in total. The lowest BCUT2D eigenvalue weighted by molar-refractivity contribution is -0.116. The van der Waals surface area contributed by atoms with Gasteiger partial charge in [-0.05, 0) is 30.4 Å². The molecule has 2 heterocycles. The van der Waals surface area contributed by atoms with E-state index in [1.807, 2.05) is 13.8 Å². The van der Waals surface area contributed by atoms with Crippen LogP contribution in [0.15, 0.2) is 22.7 Å². The van der Waals surface area contributed by atoms with Crippen LogP contribution in [0.25, 0.3) is 11.4 Å². The molecule has 1 aromatic carbocycles. The van der Waals surface area contributed by atoms with Crippen LogP contribution in [-0.4, -0.2) is 26.8 Å². The Kier molecular flexibility index (Phi) is 5.23. The summed E-state index contributed by atoms with van der Waals surface area (Å²) in [5.41, 5.74) is 1.69. The van der Waals surface area contributed by atoms with E-state index in [0.29, 0.717) is 34.0 Å². The number of hydrogen-bond acceptors (Lipinski definition) is 7. The highest BCUT2D eigenvalue weighted by Crippen LogP contribution is 2.38. The molecule has 1 aliphatic carbocycles. The van der Waals surface area contributed by atoms with Crippen LogP contribution < -0.4 is 5.32 Å². The number of carbonyl (C=O) groups excluding carboxylic acids is 2. The number of halogens is 1. The second kappa shape index (κ2) is 7.71. The molecule has 1 N–H and O–H groups in total. The summed E-state index contributed by atoms with van der Waals surface area (Å²) in [6, 6.07) is 4.71. The molecule has 1 amide bonds. The topological polar surface area (TPSA) is 98.0 Å². The van der Waals surface area contributed by atoms with Crippen molar-refractivity contribution < 1.29 is 18.5 Å². The molecule has 0 saturated carbocycles. The van der Waals surface area contributed by atoms with Gasteiger partial charge < -0.3 is 9.84 Å². The molecule has 0 fully saturated rings. The van der Waals surface area contributed by atoms with Gasteiger partial charge in [-0.15, -0.1) is 0 Å². The third-order valence-electron chi connectivity index (χ3n) is 4.95. The SMILES string of the molecule is Cc1ccc(-c2noc(CCC(=O)Nc3nc4c(s3)C(=O)CC(C)(C)C4)n2)cc1F. The lowest BCUT2D eigenvalue weighted by Gasteiger charge is -2.26. The van der Waals surface area contributed by atoms with Gasteiger partial charge in [0.2, 0.25) is 17.6 Å². The van der Waals surface area contributed by atoms with E-state index in [4.69, 9.17) is 4.52 Å². The highest BCUT2D eigenvalue weighted by atomic mass is 32.1. The van der Waals surface area contributed by atoms with Crippen molar-refractivity contribution in [3.8, 4) is 11.4 Å². The first-order valence-electron chi connectivity index (χ1n) is 9.62. The van der Waals surface area contributed by atoms with E-state index in [1.165, 1.54) is 17.4 Å². The van der Waals surface area contributed by atoms with E-state index in [1.54, 1.807) is 19.1 Å². The monoisotopic (exact) mass is 428 g/mol. The van der Waals surface area contributed by atoms with E-state index in [-0.39, 0.29) is 47.5 Å². The van der Waals surface area contributed by atoms with Crippen LogP contribution in [0.2, 0.25) is 0 Å². The Labute approximate surface area is 176 Å². The summed E-state index contributed by atoms with van der Waals surface area (Å²) in [5, 5.41) is 7.03. The number of fused-ring (bicyclic) bond motifs is 1. The van der Waals surface area contributed by atoms with Crippen molar-refractivity contribution in [3.63, 3.8) is 0 Å². The minimum absolute atomic E-state index is 0.0742. The average molecular weight is 428 g/mol. The van der Waals surface area contributed by atoms with Gasteiger partial charge in [0.05, 0.1) is 10.6 Å². The normalized spacial score (nSPS) is 15.1. The van der Waals surface area contributed by atoms with Crippen molar-refractivity contribution in [2.45, 2.75) is 46.5 Å². The van der Waals surface area contributed by atoms with Crippen LogP contribution in [0.5, 0.6) is 0 Å². The number of thiazole rings is 1. The molecule has 0 aliphatic heterocycles. The molecule has 0 radical (unpaired) electrons. The first-order valence-corrected chi connectivity index (χ1v) is 10.4. The quantitative estimate of drug-likeness (QED) is 0.648. The van der Waals surface area contributed by atoms with Gasteiger partial charge in [0, 0.05) is 24.8 Å². The van der Waals surface area contributed by atoms with Crippen molar-refractivity contribution in [3.05, 3.63) is 46.0 Å². The average Bonchev–Trinajstić information content (AvgIpc) is 3.28. The largest absolute Gasteiger partial charge is 0.339 e. The molecular weight excluding hydrogens is 407 g/mol. The van der Waals surface area contributed by atoms with Gasteiger partial charge in [-0.25, -0.2) is 9.37 Å². The number of Topliss-reactive ketones (excluding diaryl/α,β-unsaturated/α-hetero) is 1. The minimum atomic E-state index is -0.341. The number of hydrogen-bond donors (Lipinski definition) is 1. The van der Waals surface area contributed by atoms with Crippen molar-refractivity contribution in [1.29, 1.82) is 0 Å². The second-order valence-corrected chi connectivity index (χ2v) is 9.26. The Morgan fingerprint density at radius 2 is 2.10 bits per heavy atom. The Morgan fingerprint density at radius 1 is 1.30 bits per heavy atom. The van der Waals surface area contributed by atoms with Crippen LogP contribution in [-0.2, 0) is 17.6 Å². The molecule has 30 heavy (non-hydrogen) atoms. The van der Waals surface area contributed by atoms with Crippen LogP contribution in [0, 0.1) is 18.2 Å². The maximum Gasteiger partial charge on any atom is 0.227 e. The van der Waals surface area contributed by atoms with Crippen molar-refractivity contribution in [2.24, 2.45) is 5.41 Å². The third-order valence-corrected chi connectivity index (χ3v) is 6.00. The van der Waals surface area contributed by atoms with Gasteiger partial charge in [0.25, 0.3) is 0 Å². The highest BCUT2D eigenvalue weighted by Gasteiger charge is 2.34. The standard InChI is InChI=1S/C21H21FN4O3S/c1-11-4-5-12(8-13(11)22)19-25-17(29-26-19)7-6-16(28)24-20-23-14-9-21(2,3)10-15(27)18(14)30-20/h4-5,8H,6-7,9-10H2,1-3H3,(H,23,24,28). The van der Waals surface area contributed by atoms with Gasteiger partial charge in [-0.2, -0.15) is 4.98 Å². The Morgan fingerprint density at radius 3 is 2.87 bits per heavy atom. The molecule has 3 aromatic rings. The molecule has 1 aliphatic rings. The van der Waals surface area contributed by atoms with E-state index >= 15 is 0 Å². The number of nitrogens with one attached hydrogen (secondary N) is 1. The zero-order valence-corrected chi connectivity index (χ0v) is 17.7. The lowest BCUT2D eigenvalue weighted by Crippen LogP contribution is -2.26. The number of nitrogens with zero attached hydrogens (tertiary/aromatic N) is 3. The zero-order valence-electron chi connectivity index (χ0n) is 16.9. The van der Waals surface area contributed by atoms with Crippen LogP contribution in [0.1, 0.15) is 53.5 Å². The van der Waals surface area contributed by atoms with E-state index in [9.17, 15) is 14.0 Å². The number of anilines is 1. The van der Waals surface area contributed by atoms with Gasteiger partial charge >= 0.3 is 0 Å². The van der Waals surface area contributed by atoms with Crippen molar-refractivity contribution in [1.82, 2.24) is 15.1 Å². The third kappa shape index (κ3) is 4.30. The number of carbonyl (C=O) groups is 2. The number of amides is 1. The number of rotatable bonds is 5. The first kappa shape index (κ1) is 20.3. The van der Waals surface area contributed by atoms with Gasteiger partial charge in [0.1, 0.15) is 5.82 Å². The number of aryl methyl sites for hydroxylation is 2. The predicted octanol–water partition coefficient (Wildman–Crippen LogP) is 4.37. The highest BCUT2D eigenvalue weighted by molar-refractivity contribution is 7.17. The fourth-order valence-corrected chi connectivity index (χ4v) is 4.32. The molecule has 0 spiro atoms. The van der Waals surface area contributed by atoms with Crippen LogP contribution in [0.3, 0.4) is 0 Å². The molecular formula is C21H21FN4O3S. The summed E-state index contributed by atoms with van der Waals surface area (Å²) in [7, 11) is 0. The Hall–Kier alpha value is -2.94. The van der Waals surface area contributed by atoms with E-state index in [0.717, 1.165) is 5.69 Å². The molecule has 0 unspecified atom stereocenters. The summed E-state index contributed by atoms with van der Waals surface area (Å²) < 4.78 is 18.9. The number of aromatic nitrogens is 3. The number of benzene rings is 1. The summed E-state index contributed by atoms with van der Waals surface area (Å²) in [4.78, 5) is 33.9. The minimum Gasteiger partial charge on any atom is -0.339 e. The molecule has 0 bridgehead atoms. The van der Waals surface area contributed by atoms with E-state index < -0.39 is 0 Å². The molecule has 4 rings (SSSR count). The first-order chi connectivity index (χ1) is 14.2. The fraction of sp³-hybridized carbons (Fsp3) is 0.381. The molecule has 2 aromatic heterocycles. The molecule has 0 atom stereocenters. The molecule has 156 valence electrons. The maximum atomic E-state index is 13.7. The second-order valence-electron chi connectivity index (χ2n) is 8.26. The van der Waals surface area contributed by atoms with Crippen molar-refractivity contribution >= 4 is 28.2 Å². The summed E-state index contributed by atoms with van der Waals surface area (Å²) in [6.45, 7) is 5.75. The molecule has 0 saturated heterocycles. The summed E-state index contributed by atoms with van der Waals surface area (Å²) in [5.74, 6) is 0.0416. The number of ketones is 1. The predicted molar refractivity (Wildman–Crippen MR) is 110 cm³/mol. The van der Waals surface area contributed by atoms with Crippen LogP contribution in [0.4, 0.5) is 9.52 Å². The maximum absolute atomic E-state index is 13.7. The van der Waals surface area contributed by atoms with Gasteiger partial charge in [-0.3, -0.25) is 9.59 Å². The Balaban J connectivity index is 1.36. The van der Waals surface area contributed by atoms with Crippen molar-refractivity contribution in [2.75, 3.05) is 5.32 Å². The van der Waals surface area contributed by atoms with E-state index in [2.05, 4.69) is 20.4 Å².